The summed E-state index contributed by atoms with van der Waals surface area (Å²) in [5.74, 6) is 0.608. The van der Waals surface area contributed by atoms with Crippen molar-refractivity contribution in [3.8, 4) is 0 Å². The fourth-order valence-electron chi connectivity index (χ4n) is 1.77. The van der Waals surface area contributed by atoms with Gasteiger partial charge in [0.25, 0.3) is 0 Å². The van der Waals surface area contributed by atoms with Gasteiger partial charge in [-0.3, -0.25) is 4.79 Å². The smallest absolute Gasteiger partial charge is 0.161 e. The van der Waals surface area contributed by atoms with Crippen LogP contribution in [0, 0.1) is 11.8 Å². The van der Waals surface area contributed by atoms with Crippen molar-refractivity contribution >= 4 is 12.1 Å². The van der Waals surface area contributed by atoms with Gasteiger partial charge in [0.2, 0.25) is 0 Å². The molecule has 0 bridgehead atoms. The van der Waals surface area contributed by atoms with Crippen LogP contribution in [0.2, 0.25) is 0 Å². The SMILES string of the molecule is CC1=C[C@H](C)[C@@H](CCC=O)C1=O. The molecule has 0 spiro atoms. The van der Waals surface area contributed by atoms with Crippen LogP contribution in [0.15, 0.2) is 11.6 Å². The zero-order valence-corrected chi connectivity index (χ0v) is 7.54. The second kappa shape index (κ2) is 3.65. The summed E-state index contributed by atoms with van der Waals surface area (Å²) in [5, 5.41) is 0. The first-order valence-corrected chi connectivity index (χ1v) is 4.33. The van der Waals surface area contributed by atoms with Crippen molar-refractivity contribution in [2.24, 2.45) is 11.8 Å². The van der Waals surface area contributed by atoms with Crippen LogP contribution in [0.25, 0.3) is 0 Å². The highest BCUT2D eigenvalue weighted by Crippen LogP contribution is 2.29. The van der Waals surface area contributed by atoms with E-state index in [1.54, 1.807) is 0 Å². The van der Waals surface area contributed by atoms with E-state index in [4.69, 9.17) is 0 Å². The molecule has 0 N–H and O–H groups in total. The van der Waals surface area contributed by atoms with Crippen molar-refractivity contribution in [3.63, 3.8) is 0 Å². The minimum absolute atomic E-state index is 0.0650. The molecule has 2 atom stereocenters. The van der Waals surface area contributed by atoms with E-state index in [2.05, 4.69) is 0 Å². The molecule has 0 heterocycles. The molecule has 66 valence electrons. The van der Waals surface area contributed by atoms with Crippen molar-refractivity contribution in [2.75, 3.05) is 0 Å². The Morgan fingerprint density at radius 1 is 1.58 bits per heavy atom. The minimum atomic E-state index is 0.0650. The molecular formula is C10H14O2. The summed E-state index contributed by atoms with van der Waals surface area (Å²) in [5.41, 5.74) is 0.860. The van der Waals surface area contributed by atoms with E-state index in [1.807, 2.05) is 19.9 Å². The molecule has 1 aliphatic rings. The van der Waals surface area contributed by atoms with E-state index in [9.17, 15) is 9.59 Å². The number of Topliss-reactive ketones (excluding diaryl/α,β-unsaturated/α-hetero) is 1. The van der Waals surface area contributed by atoms with E-state index in [0.717, 1.165) is 11.9 Å². The third-order valence-corrected chi connectivity index (χ3v) is 2.47. The topological polar surface area (TPSA) is 34.1 Å². The normalized spacial score (nSPS) is 28.8. The molecule has 0 radical (unpaired) electrons. The summed E-state index contributed by atoms with van der Waals surface area (Å²) in [6.45, 7) is 3.88. The van der Waals surface area contributed by atoms with E-state index >= 15 is 0 Å². The van der Waals surface area contributed by atoms with Gasteiger partial charge in [0.05, 0.1) is 0 Å². The second-order valence-corrected chi connectivity index (χ2v) is 3.42. The molecule has 0 saturated carbocycles. The number of rotatable bonds is 3. The molecule has 0 saturated heterocycles. The highest BCUT2D eigenvalue weighted by molar-refractivity contribution is 5.99. The van der Waals surface area contributed by atoms with Gasteiger partial charge in [0, 0.05) is 12.3 Å². The number of allylic oxidation sites excluding steroid dienone is 2. The van der Waals surface area contributed by atoms with Crippen LogP contribution in [-0.4, -0.2) is 12.1 Å². The molecule has 0 fully saturated rings. The maximum absolute atomic E-state index is 11.4. The molecule has 0 amide bonds. The fourth-order valence-corrected chi connectivity index (χ4v) is 1.77. The Kier molecular flexibility index (Phi) is 2.79. The van der Waals surface area contributed by atoms with Crippen molar-refractivity contribution in [2.45, 2.75) is 26.7 Å². The van der Waals surface area contributed by atoms with Gasteiger partial charge in [-0.15, -0.1) is 0 Å². The number of carbonyl (C=O) groups excluding carboxylic acids is 2. The number of aldehydes is 1. The van der Waals surface area contributed by atoms with Crippen LogP contribution < -0.4 is 0 Å². The van der Waals surface area contributed by atoms with Crippen molar-refractivity contribution in [1.82, 2.24) is 0 Å². The number of ketones is 1. The average molecular weight is 166 g/mol. The number of carbonyl (C=O) groups is 2. The Labute approximate surface area is 72.7 Å². The predicted octanol–water partition coefficient (Wildman–Crippen LogP) is 1.75. The Bertz CT molecular complexity index is 228. The lowest BCUT2D eigenvalue weighted by Crippen LogP contribution is -2.14. The van der Waals surface area contributed by atoms with Gasteiger partial charge in [-0.25, -0.2) is 0 Å². The van der Waals surface area contributed by atoms with E-state index in [-0.39, 0.29) is 11.7 Å². The lowest BCUT2D eigenvalue weighted by Gasteiger charge is -2.11. The zero-order valence-electron chi connectivity index (χ0n) is 7.54. The summed E-state index contributed by atoms with van der Waals surface area (Å²) >= 11 is 0. The first-order valence-electron chi connectivity index (χ1n) is 4.33. The molecule has 0 unspecified atom stereocenters. The lowest BCUT2D eigenvalue weighted by atomic mass is 9.91. The second-order valence-electron chi connectivity index (χ2n) is 3.42. The van der Waals surface area contributed by atoms with E-state index < -0.39 is 0 Å². The molecule has 2 heteroatoms. The number of hydrogen-bond acceptors (Lipinski definition) is 2. The van der Waals surface area contributed by atoms with Crippen molar-refractivity contribution in [3.05, 3.63) is 11.6 Å². The third kappa shape index (κ3) is 1.63. The van der Waals surface area contributed by atoms with Gasteiger partial charge in [0.15, 0.2) is 5.78 Å². The van der Waals surface area contributed by atoms with Gasteiger partial charge in [0.1, 0.15) is 6.29 Å². The highest BCUT2D eigenvalue weighted by Gasteiger charge is 2.29. The number of hydrogen-bond donors (Lipinski definition) is 0. The summed E-state index contributed by atoms with van der Waals surface area (Å²) in [7, 11) is 0. The molecule has 0 aromatic carbocycles. The molecule has 0 aromatic heterocycles. The van der Waals surface area contributed by atoms with Gasteiger partial charge >= 0.3 is 0 Å². The summed E-state index contributed by atoms with van der Waals surface area (Å²) in [4.78, 5) is 21.6. The Morgan fingerprint density at radius 2 is 2.25 bits per heavy atom. The van der Waals surface area contributed by atoms with Crippen LogP contribution >= 0.6 is 0 Å². The quantitative estimate of drug-likeness (QED) is 0.598. The van der Waals surface area contributed by atoms with Gasteiger partial charge in [-0.2, -0.15) is 0 Å². The summed E-state index contributed by atoms with van der Waals surface area (Å²) < 4.78 is 0. The Morgan fingerprint density at radius 3 is 2.67 bits per heavy atom. The highest BCUT2D eigenvalue weighted by atomic mass is 16.1. The van der Waals surface area contributed by atoms with Crippen molar-refractivity contribution < 1.29 is 9.59 Å². The molecule has 1 rings (SSSR count). The lowest BCUT2D eigenvalue weighted by molar-refractivity contribution is -0.119. The van der Waals surface area contributed by atoms with Crippen LogP contribution in [0.5, 0.6) is 0 Å². The summed E-state index contributed by atoms with van der Waals surface area (Å²) in [6.07, 6.45) is 4.09. The standard InChI is InChI=1S/C10H14O2/c1-7-6-8(2)10(12)9(7)4-3-5-11/h5-7,9H,3-4H2,1-2H3/t7-,9+/m0/s1. The molecule has 0 aliphatic heterocycles. The van der Waals surface area contributed by atoms with Gasteiger partial charge < -0.3 is 4.79 Å². The molecule has 2 nitrogen and oxygen atoms in total. The zero-order chi connectivity index (χ0) is 9.14. The third-order valence-electron chi connectivity index (χ3n) is 2.47. The van der Waals surface area contributed by atoms with Gasteiger partial charge in [-0.1, -0.05) is 13.0 Å². The molecular weight excluding hydrogens is 152 g/mol. The Balaban J connectivity index is 2.57. The predicted molar refractivity (Wildman–Crippen MR) is 46.7 cm³/mol. The van der Waals surface area contributed by atoms with E-state index in [0.29, 0.717) is 18.8 Å². The summed E-state index contributed by atoms with van der Waals surface area (Å²) in [6, 6.07) is 0. The van der Waals surface area contributed by atoms with Crippen LogP contribution in [0.3, 0.4) is 0 Å². The monoisotopic (exact) mass is 166 g/mol. The first-order chi connectivity index (χ1) is 5.66. The maximum atomic E-state index is 11.4. The van der Waals surface area contributed by atoms with Gasteiger partial charge in [-0.05, 0) is 24.8 Å². The Hall–Kier alpha value is -0.920. The minimum Gasteiger partial charge on any atom is -0.303 e. The maximum Gasteiger partial charge on any atom is 0.161 e. The van der Waals surface area contributed by atoms with E-state index in [1.165, 1.54) is 0 Å². The molecule has 1 aliphatic carbocycles. The van der Waals surface area contributed by atoms with Crippen LogP contribution in [0.4, 0.5) is 0 Å². The van der Waals surface area contributed by atoms with Crippen molar-refractivity contribution in [1.29, 1.82) is 0 Å². The molecule has 0 aromatic rings. The molecule has 12 heavy (non-hydrogen) atoms. The average Bonchev–Trinajstić information content (AvgIpc) is 2.25. The fraction of sp³-hybridized carbons (Fsp3) is 0.600. The van der Waals surface area contributed by atoms with Crippen LogP contribution in [-0.2, 0) is 9.59 Å². The van der Waals surface area contributed by atoms with Crippen LogP contribution in [0.1, 0.15) is 26.7 Å². The largest absolute Gasteiger partial charge is 0.303 e. The first kappa shape index (κ1) is 9.17.